The van der Waals surface area contributed by atoms with E-state index in [4.69, 9.17) is 0 Å². The van der Waals surface area contributed by atoms with Gasteiger partial charge in [0, 0.05) is 0 Å². The molecule has 0 saturated carbocycles. The van der Waals surface area contributed by atoms with E-state index in [-0.39, 0.29) is 0 Å². The molecule has 0 saturated heterocycles. The maximum atomic E-state index is 13.3. The van der Waals surface area contributed by atoms with Crippen molar-refractivity contribution in [3.63, 3.8) is 0 Å². The van der Waals surface area contributed by atoms with E-state index in [2.05, 4.69) is 0 Å². The number of aromatic hydroxyl groups is 1. The van der Waals surface area contributed by atoms with Gasteiger partial charge in [-0.05, 0) is 37.1 Å². The van der Waals surface area contributed by atoms with Crippen molar-refractivity contribution in [3.8, 4) is 11.6 Å². The summed E-state index contributed by atoms with van der Waals surface area (Å²) in [6, 6.07) is 5.07. The van der Waals surface area contributed by atoms with Crippen molar-refractivity contribution < 1.29 is 9.50 Å². The maximum Gasteiger partial charge on any atom is 0.335 e. The van der Waals surface area contributed by atoms with E-state index in [9.17, 15) is 19.1 Å². The fourth-order valence-electron chi connectivity index (χ4n) is 1.82. The first-order chi connectivity index (χ1) is 8.40. The van der Waals surface area contributed by atoms with Crippen LogP contribution in [0.5, 0.6) is 5.88 Å². The minimum atomic E-state index is -1.38. The third kappa shape index (κ3) is 1.92. The first-order valence-corrected chi connectivity index (χ1v) is 5.22. The third-order valence-electron chi connectivity index (χ3n) is 2.50. The lowest BCUT2D eigenvalue weighted by Gasteiger charge is -2.09. The number of benzene rings is 1. The number of H-pyrrole nitrogens is 1. The summed E-state index contributed by atoms with van der Waals surface area (Å²) in [4.78, 5) is 24.4. The van der Waals surface area contributed by atoms with Crippen LogP contribution in [-0.2, 0) is 0 Å². The monoisotopic (exact) mass is 250 g/mol. The molecule has 0 bridgehead atoms. The number of hydrogen-bond acceptors (Lipinski definition) is 3. The Hall–Kier alpha value is -2.37. The SMILES string of the molecule is Cc1cc(C)cc(-n2c(O)c(F)c(=O)[nH]c2=O)c1. The molecule has 2 aromatic rings. The van der Waals surface area contributed by atoms with Crippen LogP contribution in [0.1, 0.15) is 11.1 Å². The normalized spacial score (nSPS) is 10.6. The van der Waals surface area contributed by atoms with Gasteiger partial charge in [-0.15, -0.1) is 0 Å². The van der Waals surface area contributed by atoms with Gasteiger partial charge in [-0.2, -0.15) is 4.39 Å². The van der Waals surface area contributed by atoms with E-state index in [0.717, 1.165) is 15.7 Å². The van der Waals surface area contributed by atoms with Gasteiger partial charge in [-0.25, -0.2) is 9.36 Å². The zero-order chi connectivity index (χ0) is 13.4. The molecule has 0 unspecified atom stereocenters. The molecule has 2 N–H and O–H groups in total. The number of nitrogens with zero attached hydrogens (tertiary/aromatic N) is 1. The average Bonchev–Trinajstić information content (AvgIpc) is 2.24. The molecular formula is C12H11FN2O3. The van der Waals surface area contributed by atoms with Gasteiger partial charge in [0.05, 0.1) is 5.69 Å². The minimum absolute atomic E-state index is 0.296. The van der Waals surface area contributed by atoms with Crippen molar-refractivity contribution in [2.75, 3.05) is 0 Å². The summed E-state index contributed by atoms with van der Waals surface area (Å²) in [7, 11) is 0. The average molecular weight is 250 g/mol. The van der Waals surface area contributed by atoms with Gasteiger partial charge >= 0.3 is 5.69 Å². The van der Waals surface area contributed by atoms with E-state index in [1.165, 1.54) is 0 Å². The van der Waals surface area contributed by atoms with Crippen LogP contribution < -0.4 is 11.2 Å². The van der Waals surface area contributed by atoms with Gasteiger partial charge < -0.3 is 5.11 Å². The molecule has 0 fully saturated rings. The predicted molar refractivity (Wildman–Crippen MR) is 63.8 cm³/mol. The predicted octanol–water partition coefficient (Wildman–Crippen LogP) is 0.987. The Balaban J connectivity index is 2.83. The van der Waals surface area contributed by atoms with Crippen molar-refractivity contribution in [3.05, 3.63) is 56.0 Å². The number of aromatic amines is 1. The number of rotatable bonds is 1. The molecule has 94 valence electrons. The number of nitrogens with one attached hydrogen (secondary N) is 1. The Bertz CT molecular complexity index is 711. The molecule has 1 aromatic heterocycles. The molecule has 0 atom stereocenters. The molecular weight excluding hydrogens is 239 g/mol. The second-order valence-corrected chi connectivity index (χ2v) is 4.08. The van der Waals surface area contributed by atoms with Gasteiger partial charge in [0.2, 0.25) is 11.7 Å². The Morgan fingerprint density at radius 2 is 1.72 bits per heavy atom. The molecule has 2 rings (SSSR count). The number of aromatic nitrogens is 2. The second kappa shape index (κ2) is 4.14. The van der Waals surface area contributed by atoms with Crippen molar-refractivity contribution in [1.29, 1.82) is 0 Å². The van der Waals surface area contributed by atoms with Crippen molar-refractivity contribution in [1.82, 2.24) is 9.55 Å². The van der Waals surface area contributed by atoms with E-state index in [0.29, 0.717) is 5.69 Å². The summed E-state index contributed by atoms with van der Waals surface area (Å²) in [5.41, 5.74) is -0.127. The highest BCUT2D eigenvalue weighted by Gasteiger charge is 2.15. The second-order valence-electron chi connectivity index (χ2n) is 4.08. The third-order valence-corrected chi connectivity index (χ3v) is 2.50. The van der Waals surface area contributed by atoms with E-state index >= 15 is 0 Å². The lowest BCUT2D eigenvalue weighted by Crippen LogP contribution is -2.31. The maximum absolute atomic E-state index is 13.3. The van der Waals surface area contributed by atoms with Gasteiger partial charge in [0.25, 0.3) is 5.56 Å². The van der Waals surface area contributed by atoms with Crippen LogP contribution in [0.25, 0.3) is 5.69 Å². The largest absolute Gasteiger partial charge is 0.492 e. The summed E-state index contributed by atoms with van der Waals surface area (Å²) in [5.74, 6) is -2.37. The Morgan fingerprint density at radius 1 is 1.17 bits per heavy atom. The van der Waals surface area contributed by atoms with Crippen LogP contribution in [0.3, 0.4) is 0 Å². The molecule has 0 aliphatic carbocycles. The fourth-order valence-corrected chi connectivity index (χ4v) is 1.82. The molecule has 18 heavy (non-hydrogen) atoms. The summed E-state index contributed by atoms with van der Waals surface area (Å²) in [5, 5.41) is 9.56. The molecule has 6 heteroatoms. The lowest BCUT2D eigenvalue weighted by molar-refractivity contribution is 0.386. The van der Waals surface area contributed by atoms with E-state index in [1.807, 2.05) is 6.07 Å². The van der Waals surface area contributed by atoms with Crippen molar-refractivity contribution in [2.45, 2.75) is 13.8 Å². The molecule has 1 aromatic carbocycles. The summed E-state index contributed by atoms with van der Waals surface area (Å²) in [6.45, 7) is 3.61. The van der Waals surface area contributed by atoms with Crippen LogP contribution in [0.2, 0.25) is 0 Å². The summed E-state index contributed by atoms with van der Waals surface area (Å²) in [6.07, 6.45) is 0. The van der Waals surface area contributed by atoms with Crippen molar-refractivity contribution >= 4 is 0 Å². The minimum Gasteiger partial charge on any atom is -0.492 e. The smallest absolute Gasteiger partial charge is 0.335 e. The highest BCUT2D eigenvalue weighted by atomic mass is 19.1. The van der Waals surface area contributed by atoms with Crippen molar-refractivity contribution in [2.24, 2.45) is 0 Å². The van der Waals surface area contributed by atoms with E-state index in [1.54, 1.807) is 31.0 Å². The first kappa shape index (κ1) is 12.1. The van der Waals surface area contributed by atoms with Crippen LogP contribution in [0.15, 0.2) is 27.8 Å². The fraction of sp³-hybridized carbons (Fsp3) is 0.167. The summed E-state index contributed by atoms with van der Waals surface area (Å²) >= 11 is 0. The zero-order valence-electron chi connectivity index (χ0n) is 9.82. The lowest BCUT2D eigenvalue weighted by atomic mass is 10.1. The van der Waals surface area contributed by atoms with Crippen LogP contribution in [-0.4, -0.2) is 14.7 Å². The number of aryl methyl sites for hydroxylation is 2. The Morgan fingerprint density at radius 3 is 2.28 bits per heavy atom. The van der Waals surface area contributed by atoms with Gasteiger partial charge in [-0.1, -0.05) is 6.07 Å². The molecule has 5 nitrogen and oxygen atoms in total. The number of hydrogen-bond donors (Lipinski definition) is 2. The van der Waals surface area contributed by atoms with Gasteiger partial charge in [0.1, 0.15) is 0 Å². The Labute approximate surface area is 101 Å². The highest BCUT2D eigenvalue weighted by molar-refractivity contribution is 5.41. The molecule has 0 amide bonds. The standard InChI is InChI=1S/C12H11FN2O3/c1-6-3-7(2)5-8(4-6)15-11(17)9(13)10(16)14-12(15)18/h3-5,17H,1-2H3,(H,14,16,18). The zero-order valence-corrected chi connectivity index (χ0v) is 9.82. The Kier molecular flexibility index (Phi) is 2.78. The van der Waals surface area contributed by atoms with Gasteiger partial charge in [0.15, 0.2) is 0 Å². The molecule has 1 heterocycles. The van der Waals surface area contributed by atoms with Gasteiger partial charge in [-0.3, -0.25) is 9.78 Å². The summed E-state index contributed by atoms with van der Waals surface area (Å²) < 4.78 is 14.0. The highest BCUT2D eigenvalue weighted by Crippen LogP contribution is 2.17. The van der Waals surface area contributed by atoms with Crippen LogP contribution in [0.4, 0.5) is 4.39 Å². The van der Waals surface area contributed by atoms with Crippen LogP contribution >= 0.6 is 0 Å². The molecule has 0 aliphatic rings. The first-order valence-electron chi connectivity index (χ1n) is 5.22. The van der Waals surface area contributed by atoms with Crippen LogP contribution in [0, 0.1) is 19.7 Å². The number of halogens is 1. The quantitative estimate of drug-likeness (QED) is 0.792. The molecule has 0 spiro atoms. The molecule has 0 radical (unpaired) electrons. The molecule has 0 aliphatic heterocycles. The van der Waals surface area contributed by atoms with E-state index < -0.39 is 22.9 Å². The topological polar surface area (TPSA) is 75.1 Å².